The summed E-state index contributed by atoms with van der Waals surface area (Å²) in [4.78, 5) is 27.9. The predicted octanol–water partition coefficient (Wildman–Crippen LogP) is 3.31. The molecule has 0 atom stereocenters. The number of hydrogen-bond acceptors (Lipinski definition) is 3. The minimum atomic E-state index is -0.140. The summed E-state index contributed by atoms with van der Waals surface area (Å²) in [6.45, 7) is 3.10. The lowest BCUT2D eigenvalue weighted by molar-refractivity contribution is -0.131. The average Bonchev–Trinajstić information content (AvgIpc) is 3.09. The fourth-order valence-corrected chi connectivity index (χ4v) is 4.28. The Balaban J connectivity index is 1.85. The molecule has 0 saturated heterocycles. The third-order valence-electron chi connectivity index (χ3n) is 3.98. The monoisotopic (exact) mass is 407 g/mol. The molecular weight excluding hydrogens is 390 g/mol. The Labute approximate surface area is 152 Å². The number of likely N-dealkylation sites (N-methyl/N-ethyl adjacent to an activating group) is 1. The van der Waals surface area contributed by atoms with Crippen molar-refractivity contribution in [3.05, 3.63) is 55.5 Å². The number of thiophene rings is 1. The first-order chi connectivity index (χ1) is 11.5. The van der Waals surface area contributed by atoms with Gasteiger partial charge in [-0.25, -0.2) is 4.79 Å². The molecule has 0 aliphatic rings. The number of fused-ring (bicyclic) bond motifs is 1. The zero-order valence-electron chi connectivity index (χ0n) is 13.5. The number of rotatable bonds is 5. The van der Waals surface area contributed by atoms with Crippen molar-refractivity contribution in [2.75, 3.05) is 7.05 Å². The van der Waals surface area contributed by atoms with Crippen molar-refractivity contribution < 1.29 is 4.79 Å². The lowest BCUT2D eigenvalue weighted by Crippen LogP contribution is -2.34. The smallest absolute Gasteiger partial charge is 0.329 e. The highest BCUT2D eigenvalue weighted by Gasteiger charge is 2.17. The zero-order chi connectivity index (χ0) is 17.3. The van der Waals surface area contributed by atoms with Crippen molar-refractivity contribution in [3.63, 3.8) is 0 Å². The van der Waals surface area contributed by atoms with Gasteiger partial charge in [-0.1, -0.05) is 12.1 Å². The maximum Gasteiger partial charge on any atom is 0.329 e. The van der Waals surface area contributed by atoms with Gasteiger partial charge in [0, 0.05) is 18.5 Å². The van der Waals surface area contributed by atoms with E-state index in [0.717, 1.165) is 19.7 Å². The van der Waals surface area contributed by atoms with E-state index in [-0.39, 0.29) is 18.1 Å². The van der Waals surface area contributed by atoms with E-state index in [9.17, 15) is 9.59 Å². The molecule has 0 spiro atoms. The number of para-hydroxylation sites is 2. The summed E-state index contributed by atoms with van der Waals surface area (Å²) in [5.74, 6) is -0.0828. The van der Waals surface area contributed by atoms with Gasteiger partial charge in [-0.15, -0.1) is 11.3 Å². The summed E-state index contributed by atoms with van der Waals surface area (Å²) in [7, 11) is 1.76. The molecule has 3 aromatic rings. The molecule has 7 heteroatoms. The second-order valence-electron chi connectivity index (χ2n) is 5.56. The molecule has 0 unspecified atom stereocenters. The number of halogens is 1. The highest BCUT2D eigenvalue weighted by atomic mass is 79.9. The van der Waals surface area contributed by atoms with Crippen LogP contribution in [-0.4, -0.2) is 27.0 Å². The van der Waals surface area contributed by atoms with Gasteiger partial charge in [-0.2, -0.15) is 0 Å². The van der Waals surface area contributed by atoms with Crippen LogP contribution in [-0.2, 0) is 24.4 Å². The second-order valence-corrected chi connectivity index (χ2v) is 8.10. The highest BCUT2D eigenvalue weighted by Crippen LogP contribution is 2.23. The summed E-state index contributed by atoms with van der Waals surface area (Å²) >= 11 is 5.03. The molecule has 24 heavy (non-hydrogen) atoms. The van der Waals surface area contributed by atoms with Crippen molar-refractivity contribution in [1.29, 1.82) is 0 Å². The van der Waals surface area contributed by atoms with Gasteiger partial charge in [-0.3, -0.25) is 13.9 Å². The van der Waals surface area contributed by atoms with E-state index in [0.29, 0.717) is 13.1 Å². The third-order valence-corrected chi connectivity index (χ3v) is 5.59. The number of aromatic nitrogens is 2. The maximum atomic E-state index is 12.6. The lowest BCUT2D eigenvalue weighted by Gasteiger charge is -2.16. The van der Waals surface area contributed by atoms with E-state index in [1.807, 2.05) is 43.3 Å². The number of carbonyl (C=O) groups excluding carboxylic acids is 1. The molecule has 0 saturated carbocycles. The number of benzene rings is 1. The van der Waals surface area contributed by atoms with Crippen LogP contribution < -0.4 is 5.69 Å². The molecule has 2 aromatic heterocycles. The average molecular weight is 408 g/mol. The van der Waals surface area contributed by atoms with Crippen LogP contribution in [0.2, 0.25) is 0 Å². The lowest BCUT2D eigenvalue weighted by atomic mass is 10.3. The fraction of sp³-hybridized carbons (Fsp3) is 0.294. The van der Waals surface area contributed by atoms with Crippen LogP contribution in [0.5, 0.6) is 0 Å². The second kappa shape index (κ2) is 6.94. The Hall–Kier alpha value is -1.86. The number of imidazole rings is 1. The Morgan fingerprint density at radius 3 is 2.42 bits per heavy atom. The molecule has 0 bridgehead atoms. The summed E-state index contributed by atoms with van der Waals surface area (Å²) < 4.78 is 4.29. The molecule has 5 nitrogen and oxygen atoms in total. The number of amides is 1. The number of carbonyl (C=O) groups is 1. The van der Waals surface area contributed by atoms with Gasteiger partial charge in [0.2, 0.25) is 5.91 Å². The Morgan fingerprint density at radius 2 is 1.83 bits per heavy atom. The number of aryl methyl sites for hydroxylation is 1. The van der Waals surface area contributed by atoms with E-state index in [4.69, 9.17) is 0 Å². The molecule has 1 aromatic carbocycles. The Bertz CT molecular complexity index is 941. The quantitative estimate of drug-likeness (QED) is 0.651. The molecule has 0 radical (unpaired) electrons. The van der Waals surface area contributed by atoms with Crippen LogP contribution in [0.25, 0.3) is 11.0 Å². The summed E-state index contributed by atoms with van der Waals surface area (Å²) in [5, 5.41) is 0. The van der Waals surface area contributed by atoms with Crippen LogP contribution in [0.3, 0.4) is 0 Å². The number of hydrogen-bond donors (Lipinski definition) is 0. The van der Waals surface area contributed by atoms with Crippen molar-refractivity contribution in [1.82, 2.24) is 14.0 Å². The van der Waals surface area contributed by atoms with Crippen molar-refractivity contribution in [2.45, 2.75) is 26.6 Å². The maximum absolute atomic E-state index is 12.6. The molecule has 1 amide bonds. The van der Waals surface area contributed by atoms with E-state index in [1.54, 1.807) is 32.4 Å². The van der Waals surface area contributed by atoms with Crippen LogP contribution >= 0.6 is 27.3 Å². The first-order valence-corrected chi connectivity index (χ1v) is 9.28. The Kier molecular flexibility index (Phi) is 4.91. The van der Waals surface area contributed by atoms with Gasteiger partial charge in [0.05, 0.1) is 21.4 Å². The zero-order valence-corrected chi connectivity index (χ0v) is 15.9. The topological polar surface area (TPSA) is 47.2 Å². The van der Waals surface area contributed by atoms with Crippen LogP contribution in [0.4, 0.5) is 0 Å². The van der Waals surface area contributed by atoms with Gasteiger partial charge in [0.1, 0.15) is 6.54 Å². The van der Waals surface area contributed by atoms with Crippen molar-refractivity contribution in [2.24, 2.45) is 0 Å². The highest BCUT2D eigenvalue weighted by molar-refractivity contribution is 9.11. The van der Waals surface area contributed by atoms with E-state index >= 15 is 0 Å². The van der Waals surface area contributed by atoms with Crippen LogP contribution in [0.15, 0.2) is 45.0 Å². The molecule has 0 aliphatic heterocycles. The van der Waals surface area contributed by atoms with Crippen molar-refractivity contribution >= 4 is 44.2 Å². The normalized spacial score (nSPS) is 11.1. The predicted molar refractivity (Wildman–Crippen MR) is 100 cm³/mol. The van der Waals surface area contributed by atoms with E-state index in [2.05, 4.69) is 15.9 Å². The largest absolute Gasteiger partial charge is 0.339 e. The van der Waals surface area contributed by atoms with Crippen LogP contribution in [0, 0.1) is 0 Å². The van der Waals surface area contributed by atoms with Crippen LogP contribution in [0.1, 0.15) is 11.8 Å². The molecule has 126 valence electrons. The first kappa shape index (κ1) is 17.0. The fourth-order valence-electron chi connectivity index (χ4n) is 2.75. The van der Waals surface area contributed by atoms with E-state index < -0.39 is 0 Å². The summed E-state index contributed by atoms with van der Waals surface area (Å²) in [6.07, 6.45) is 0. The SMILES string of the molecule is CCn1c(=O)n(CC(=O)N(C)Cc2ccc(Br)s2)c2ccccc21. The molecule has 0 N–H and O–H groups in total. The number of nitrogens with zero attached hydrogens (tertiary/aromatic N) is 3. The third kappa shape index (κ3) is 3.18. The molecular formula is C17H18BrN3O2S. The minimum Gasteiger partial charge on any atom is -0.339 e. The molecule has 0 aliphatic carbocycles. The summed E-state index contributed by atoms with van der Waals surface area (Å²) in [5.41, 5.74) is 1.52. The molecule has 2 heterocycles. The van der Waals surface area contributed by atoms with Gasteiger partial charge in [0.25, 0.3) is 0 Å². The van der Waals surface area contributed by atoms with E-state index in [1.165, 1.54) is 0 Å². The van der Waals surface area contributed by atoms with Gasteiger partial charge in [0.15, 0.2) is 0 Å². The molecule has 0 fully saturated rings. The minimum absolute atomic E-state index is 0.0510. The standard InChI is InChI=1S/C17H18BrN3O2S/c1-3-20-13-6-4-5-7-14(13)21(17(20)23)11-16(22)19(2)10-12-8-9-15(18)24-12/h4-9H,3,10-11H2,1-2H3. The van der Waals surface area contributed by atoms with Gasteiger partial charge in [-0.05, 0) is 47.1 Å². The summed E-state index contributed by atoms with van der Waals surface area (Å²) in [6, 6.07) is 11.5. The van der Waals surface area contributed by atoms with Gasteiger partial charge >= 0.3 is 5.69 Å². The molecule has 3 rings (SSSR count). The van der Waals surface area contributed by atoms with Crippen molar-refractivity contribution in [3.8, 4) is 0 Å². The van der Waals surface area contributed by atoms with Gasteiger partial charge < -0.3 is 4.90 Å². The Morgan fingerprint density at radius 1 is 1.17 bits per heavy atom. The first-order valence-electron chi connectivity index (χ1n) is 7.67.